The highest BCUT2D eigenvalue weighted by Crippen LogP contribution is 2.45. The fourth-order valence-electron chi connectivity index (χ4n) is 2.47. The Hall–Kier alpha value is -1.30. The summed E-state index contributed by atoms with van der Waals surface area (Å²) in [5.41, 5.74) is 0.144. The summed E-state index contributed by atoms with van der Waals surface area (Å²) < 4.78 is 38.3. The van der Waals surface area contributed by atoms with E-state index < -0.39 is 11.7 Å². The Bertz CT molecular complexity index is 463. The monoisotopic (exact) mass is 271 g/mol. The van der Waals surface area contributed by atoms with Crippen molar-refractivity contribution in [3.63, 3.8) is 0 Å². The van der Waals surface area contributed by atoms with Crippen LogP contribution >= 0.6 is 0 Å². The molecule has 0 amide bonds. The van der Waals surface area contributed by atoms with Gasteiger partial charge < -0.3 is 10.2 Å². The Kier molecular flexibility index (Phi) is 3.12. The lowest BCUT2D eigenvalue weighted by Gasteiger charge is -2.30. The van der Waals surface area contributed by atoms with E-state index in [-0.39, 0.29) is 5.92 Å². The highest BCUT2D eigenvalue weighted by molar-refractivity contribution is 5.52. The number of anilines is 1. The van der Waals surface area contributed by atoms with Gasteiger partial charge >= 0.3 is 6.18 Å². The average Bonchev–Trinajstić information content (AvgIpc) is 3.22. The van der Waals surface area contributed by atoms with Crippen LogP contribution in [0.25, 0.3) is 0 Å². The number of pyridine rings is 1. The van der Waals surface area contributed by atoms with Crippen molar-refractivity contribution < 1.29 is 13.2 Å². The van der Waals surface area contributed by atoms with Gasteiger partial charge in [0.05, 0.1) is 5.56 Å². The van der Waals surface area contributed by atoms with Crippen LogP contribution in [0.1, 0.15) is 29.9 Å². The molecule has 1 aliphatic heterocycles. The molecular formula is C13H16F3N3. The summed E-state index contributed by atoms with van der Waals surface area (Å²) in [6.45, 7) is 3.32. The lowest BCUT2D eigenvalue weighted by molar-refractivity contribution is -0.137. The van der Waals surface area contributed by atoms with Gasteiger partial charge in [0.1, 0.15) is 5.82 Å². The molecule has 19 heavy (non-hydrogen) atoms. The second-order valence-electron chi connectivity index (χ2n) is 5.15. The van der Waals surface area contributed by atoms with E-state index in [1.165, 1.54) is 6.07 Å². The maximum atomic E-state index is 12.8. The van der Waals surface area contributed by atoms with Crippen LogP contribution in [0.3, 0.4) is 0 Å². The third-order valence-electron chi connectivity index (χ3n) is 3.66. The Morgan fingerprint density at radius 3 is 2.47 bits per heavy atom. The zero-order chi connectivity index (χ0) is 13.5. The maximum absolute atomic E-state index is 12.8. The van der Waals surface area contributed by atoms with Crippen LogP contribution in [-0.2, 0) is 6.18 Å². The number of hydrogen-bond donors (Lipinski definition) is 1. The van der Waals surface area contributed by atoms with Gasteiger partial charge in [-0.25, -0.2) is 4.98 Å². The SMILES string of the molecule is FC(F)(F)c1cnc(N2CCNCC2)c(C2CC2)c1. The van der Waals surface area contributed by atoms with E-state index in [9.17, 15) is 13.2 Å². The van der Waals surface area contributed by atoms with Crippen molar-refractivity contribution in [1.82, 2.24) is 10.3 Å². The quantitative estimate of drug-likeness (QED) is 0.895. The van der Waals surface area contributed by atoms with Crippen molar-refractivity contribution >= 4 is 5.82 Å². The van der Waals surface area contributed by atoms with Crippen LogP contribution in [0.4, 0.5) is 19.0 Å². The molecule has 0 atom stereocenters. The van der Waals surface area contributed by atoms with Gasteiger partial charge in [-0.3, -0.25) is 0 Å². The van der Waals surface area contributed by atoms with Crippen LogP contribution in [0.2, 0.25) is 0 Å². The van der Waals surface area contributed by atoms with Crippen LogP contribution in [-0.4, -0.2) is 31.2 Å². The summed E-state index contributed by atoms with van der Waals surface area (Å²) in [6, 6.07) is 1.29. The minimum atomic E-state index is -4.31. The van der Waals surface area contributed by atoms with E-state index in [2.05, 4.69) is 15.2 Å². The first-order valence-corrected chi connectivity index (χ1v) is 6.58. The highest BCUT2D eigenvalue weighted by atomic mass is 19.4. The summed E-state index contributed by atoms with van der Waals surface area (Å²) in [5, 5.41) is 3.23. The first kappa shape index (κ1) is 12.7. The minimum absolute atomic E-state index is 0.264. The molecule has 104 valence electrons. The molecule has 1 aromatic heterocycles. The summed E-state index contributed by atoms with van der Waals surface area (Å²) in [7, 11) is 0. The molecule has 3 rings (SSSR count). The van der Waals surface area contributed by atoms with Crippen molar-refractivity contribution in [3.05, 3.63) is 23.4 Å². The van der Waals surface area contributed by atoms with E-state index in [0.717, 1.165) is 56.6 Å². The molecule has 6 heteroatoms. The van der Waals surface area contributed by atoms with Crippen molar-refractivity contribution in [1.29, 1.82) is 0 Å². The van der Waals surface area contributed by atoms with Gasteiger partial charge in [0, 0.05) is 32.4 Å². The van der Waals surface area contributed by atoms with Crippen molar-refractivity contribution in [2.24, 2.45) is 0 Å². The molecule has 0 radical (unpaired) electrons. The number of hydrogen-bond acceptors (Lipinski definition) is 3. The van der Waals surface area contributed by atoms with Crippen LogP contribution in [0.5, 0.6) is 0 Å². The molecule has 1 aromatic rings. The average molecular weight is 271 g/mol. The fourth-order valence-corrected chi connectivity index (χ4v) is 2.47. The van der Waals surface area contributed by atoms with Gasteiger partial charge in [0.25, 0.3) is 0 Å². The van der Waals surface area contributed by atoms with Crippen molar-refractivity contribution in [2.75, 3.05) is 31.1 Å². The number of nitrogens with one attached hydrogen (secondary N) is 1. The predicted molar refractivity (Wildman–Crippen MR) is 66.3 cm³/mol. The molecule has 0 bridgehead atoms. The van der Waals surface area contributed by atoms with E-state index in [1.54, 1.807) is 0 Å². The maximum Gasteiger partial charge on any atom is 0.417 e. The molecule has 2 fully saturated rings. The molecule has 1 aliphatic carbocycles. The van der Waals surface area contributed by atoms with Gasteiger partial charge in [0.2, 0.25) is 0 Å². The molecule has 2 aliphatic rings. The zero-order valence-electron chi connectivity index (χ0n) is 10.5. The van der Waals surface area contributed by atoms with Crippen LogP contribution < -0.4 is 10.2 Å². The minimum Gasteiger partial charge on any atom is -0.354 e. The molecular weight excluding hydrogens is 255 g/mol. The Morgan fingerprint density at radius 2 is 1.89 bits per heavy atom. The first-order valence-electron chi connectivity index (χ1n) is 6.58. The molecule has 1 N–H and O–H groups in total. The van der Waals surface area contributed by atoms with Gasteiger partial charge in [0.15, 0.2) is 0 Å². The van der Waals surface area contributed by atoms with Gasteiger partial charge in [-0.1, -0.05) is 0 Å². The largest absolute Gasteiger partial charge is 0.417 e. The normalized spacial score (nSPS) is 20.7. The van der Waals surface area contributed by atoms with Gasteiger partial charge in [-0.05, 0) is 30.4 Å². The number of nitrogens with zero attached hydrogens (tertiary/aromatic N) is 2. The summed E-state index contributed by atoms with van der Waals surface area (Å²) in [5.74, 6) is 1.01. The summed E-state index contributed by atoms with van der Waals surface area (Å²) in [4.78, 5) is 6.20. The Balaban J connectivity index is 1.94. The van der Waals surface area contributed by atoms with Gasteiger partial charge in [-0.15, -0.1) is 0 Å². The molecule has 0 spiro atoms. The second-order valence-corrected chi connectivity index (χ2v) is 5.15. The van der Waals surface area contributed by atoms with E-state index in [4.69, 9.17) is 0 Å². The Labute approximate surface area is 109 Å². The van der Waals surface area contributed by atoms with E-state index in [0.29, 0.717) is 0 Å². The smallest absolute Gasteiger partial charge is 0.354 e. The predicted octanol–water partition coefficient (Wildman–Crippen LogP) is 2.39. The third kappa shape index (κ3) is 2.68. The van der Waals surface area contributed by atoms with E-state index in [1.807, 2.05) is 0 Å². The van der Waals surface area contributed by atoms with Crippen LogP contribution in [0, 0.1) is 0 Å². The summed E-state index contributed by atoms with van der Waals surface area (Å²) >= 11 is 0. The van der Waals surface area contributed by atoms with E-state index >= 15 is 0 Å². The molecule has 1 saturated carbocycles. The third-order valence-corrected chi connectivity index (χ3v) is 3.66. The Morgan fingerprint density at radius 1 is 1.21 bits per heavy atom. The number of halogens is 3. The highest BCUT2D eigenvalue weighted by Gasteiger charge is 2.35. The van der Waals surface area contributed by atoms with Gasteiger partial charge in [-0.2, -0.15) is 13.2 Å². The topological polar surface area (TPSA) is 28.2 Å². The lowest BCUT2D eigenvalue weighted by Crippen LogP contribution is -2.44. The number of piperazine rings is 1. The fraction of sp³-hybridized carbons (Fsp3) is 0.615. The zero-order valence-corrected chi connectivity index (χ0v) is 10.5. The molecule has 1 saturated heterocycles. The summed E-state index contributed by atoms with van der Waals surface area (Å²) in [6.07, 6.45) is -1.40. The number of rotatable bonds is 2. The van der Waals surface area contributed by atoms with Crippen molar-refractivity contribution in [3.8, 4) is 0 Å². The second kappa shape index (κ2) is 4.67. The molecule has 2 heterocycles. The first-order chi connectivity index (χ1) is 9.05. The standard InChI is InChI=1S/C13H16F3N3/c14-13(15,16)10-7-11(9-1-2-9)12(18-8-10)19-5-3-17-4-6-19/h7-9,17H,1-6H2. The number of aromatic nitrogens is 1. The molecule has 0 aromatic carbocycles. The van der Waals surface area contributed by atoms with Crippen molar-refractivity contribution in [2.45, 2.75) is 24.9 Å². The molecule has 0 unspecified atom stereocenters. The number of alkyl halides is 3. The lowest BCUT2D eigenvalue weighted by atomic mass is 10.1. The molecule has 3 nitrogen and oxygen atoms in total. The van der Waals surface area contributed by atoms with Crippen LogP contribution in [0.15, 0.2) is 12.3 Å².